The number of aliphatic hydroxyl groups is 1. The minimum absolute atomic E-state index is 0.159. The highest BCUT2D eigenvalue weighted by atomic mass is 16.5. The molecule has 5 heteroatoms. The number of ether oxygens (including phenoxy) is 1. The molecule has 0 saturated carbocycles. The highest BCUT2D eigenvalue weighted by molar-refractivity contribution is 5.54. The first-order valence-electron chi connectivity index (χ1n) is 6.91. The van der Waals surface area contributed by atoms with Crippen molar-refractivity contribution < 1.29 is 9.84 Å². The molecule has 1 aromatic rings. The van der Waals surface area contributed by atoms with Crippen molar-refractivity contribution in [3.8, 4) is 0 Å². The van der Waals surface area contributed by atoms with Gasteiger partial charge in [-0.25, -0.2) is 4.98 Å². The van der Waals surface area contributed by atoms with E-state index in [9.17, 15) is 5.11 Å². The SMILES string of the molecule is Cc1cc(N2CCOCC2)nc(N2CC(O)C2C)c1. The zero-order chi connectivity index (χ0) is 13.4. The van der Waals surface area contributed by atoms with Crippen molar-refractivity contribution >= 4 is 11.6 Å². The van der Waals surface area contributed by atoms with Crippen molar-refractivity contribution in [2.24, 2.45) is 0 Å². The van der Waals surface area contributed by atoms with E-state index in [0.717, 1.165) is 37.9 Å². The van der Waals surface area contributed by atoms with Crippen LogP contribution < -0.4 is 9.80 Å². The van der Waals surface area contributed by atoms with E-state index in [1.54, 1.807) is 0 Å². The summed E-state index contributed by atoms with van der Waals surface area (Å²) >= 11 is 0. The minimum Gasteiger partial charge on any atom is -0.389 e. The molecule has 3 heterocycles. The molecule has 0 bridgehead atoms. The molecule has 0 amide bonds. The van der Waals surface area contributed by atoms with Gasteiger partial charge in [-0.15, -0.1) is 0 Å². The number of morpholine rings is 1. The number of hydrogen-bond acceptors (Lipinski definition) is 5. The Bertz CT molecular complexity index is 437. The molecule has 1 aromatic heterocycles. The van der Waals surface area contributed by atoms with E-state index >= 15 is 0 Å². The number of aromatic nitrogens is 1. The smallest absolute Gasteiger partial charge is 0.131 e. The van der Waals surface area contributed by atoms with Crippen molar-refractivity contribution in [1.29, 1.82) is 0 Å². The van der Waals surface area contributed by atoms with Crippen molar-refractivity contribution in [3.63, 3.8) is 0 Å². The quantitative estimate of drug-likeness (QED) is 0.855. The Hall–Kier alpha value is -1.33. The van der Waals surface area contributed by atoms with Gasteiger partial charge >= 0.3 is 0 Å². The van der Waals surface area contributed by atoms with E-state index in [0.29, 0.717) is 6.54 Å². The number of hydrogen-bond donors (Lipinski definition) is 1. The van der Waals surface area contributed by atoms with Gasteiger partial charge in [0.1, 0.15) is 11.6 Å². The Balaban J connectivity index is 1.83. The Morgan fingerprint density at radius 2 is 1.95 bits per heavy atom. The maximum absolute atomic E-state index is 9.64. The van der Waals surface area contributed by atoms with Gasteiger partial charge < -0.3 is 19.6 Å². The lowest BCUT2D eigenvalue weighted by Gasteiger charge is -2.44. The molecule has 2 aliphatic heterocycles. The largest absolute Gasteiger partial charge is 0.389 e. The predicted octanol–water partition coefficient (Wildman–Crippen LogP) is 0.796. The van der Waals surface area contributed by atoms with Gasteiger partial charge in [-0.05, 0) is 31.5 Å². The van der Waals surface area contributed by atoms with Crippen molar-refractivity contribution in [2.45, 2.75) is 26.0 Å². The van der Waals surface area contributed by atoms with Crippen LogP contribution in [-0.4, -0.2) is 55.1 Å². The van der Waals surface area contributed by atoms with Crippen molar-refractivity contribution in [2.75, 3.05) is 42.6 Å². The summed E-state index contributed by atoms with van der Waals surface area (Å²) in [7, 11) is 0. The van der Waals surface area contributed by atoms with E-state index in [-0.39, 0.29) is 12.1 Å². The van der Waals surface area contributed by atoms with Gasteiger partial charge in [0, 0.05) is 19.6 Å². The van der Waals surface area contributed by atoms with Crippen LogP contribution in [0.4, 0.5) is 11.6 Å². The van der Waals surface area contributed by atoms with E-state index in [1.807, 2.05) is 6.92 Å². The standard InChI is InChI=1S/C14H21N3O2/c1-10-7-13(16-3-5-19-6-4-16)15-14(8-10)17-9-12(18)11(17)2/h7-8,11-12,18H,3-6,9H2,1-2H3. The number of β-amino-alcohol motifs (C(OH)–C–C–N with tert-alkyl or cyclic N) is 1. The molecular formula is C14H21N3O2. The number of aryl methyl sites for hydroxylation is 1. The Kier molecular flexibility index (Phi) is 3.33. The number of anilines is 2. The highest BCUT2D eigenvalue weighted by Gasteiger charge is 2.35. The lowest BCUT2D eigenvalue weighted by Crippen LogP contribution is -2.59. The maximum Gasteiger partial charge on any atom is 0.131 e. The van der Waals surface area contributed by atoms with E-state index in [2.05, 4.69) is 28.9 Å². The lowest BCUT2D eigenvalue weighted by atomic mass is 10.0. The average molecular weight is 263 g/mol. The molecule has 0 radical (unpaired) electrons. The summed E-state index contributed by atoms with van der Waals surface area (Å²) in [4.78, 5) is 9.17. The van der Waals surface area contributed by atoms with Crippen LogP contribution in [-0.2, 0) is 4.74 Å². The normalized spacial score (nSPS) is 27.3. The summed E-state index contributed by atoms with van der Waals surface area (Å²) in [6, 6.07) is 4.37. The van der Waals surface area contributed by atoms with Crippen LogP contribution in [0.1, 0.15) is 12.5 Å². The molecule has 104 valence electrons. The molecule has 3 rings (SSSR count). The number of pyridine rings is 1. The zero-order valence-electron chi connectivity index (χ0n) is 11.5. The van der Waals surface area contributed by atoms with Crippen molar-refractivity contribution in [3.05, 3.63) is 17.7 Å². The van der Waals surface area contributed by atoms with Crippen molar-refractivity contribution in [1.82, 2.24) is 4.98 Å². The van der Waals surface area contributed by atoms with E-state index in [4.69, 9.17) is 9.72 Å². The molecule has 2 fully saturated rings. The third-order valence-electron chi connectivity index (χ3n) is 4.00. The first-order chi connectivity index (χ1) is 9.15. The number of aliphatic hydroxyl groups excluding tert-OH is 1. The second-order valence-corrected chi connectivity index (χ2v) is 5.42. The Labute approximate surface area is 113 Å². The second-order valence-electron chi connectivity index (χ2n) is 5.42. The zero-order valence-corrected chi connectivity index (χ0v) is 11.5. The average Bonchev–Trinajstić information content (AvgIpc) is 2.44. The fourth-order valence-electron chi connectivity index (χ4n) is 2.62. The summed E-state index contributed by atoms with van der Waals surface area (Å²) < 4.78 is 5.38. The van der Waals surface area contributed by atoms with Gasteiger partial charge in [0.15, 0.2) is 0 Å². The van der Waals surface area contributed by atoms with Gasteiger partial charge in [-0.2, -0.15) is 0 Å². The van der Waals surface area contributed by atoms with Crippen LogP contribution in [0.25, 0.3) is 0 Å². The Morgan fingerprint density at radius 1 is 1.26 bits per heavy atom. The predicted molar refractivity (Wildman–Crippen MR) is 74.8 cm³/mol. The summed E-state index contributed by atoms with van der Waals surface area (Å²) in [5.74, 6) is 1.99. The molecule has 1 N–H and O–H groups in total. The van der Waals surface area contributed by atoms with E-state index < -0.39 is 0 Å². The monoisotopic (exact) mass is 263 g/mol. The molecule has 0 aliphatic carbocycles. The summed E-state index contributed by atoms with van der Waals surface area (Å²) in [5, 5.41) is 9.64. The number of nitrogens with zero attached hydrogens (tertiary/aromatic N) is 3. The van der Waals surface area contributed by atoms with Crippen LogP contribution in [0.15, 0.2) is 12.1 Å². The van der Waals surface area contributed by atoms with Gasteiger partial charge in [0.05, 0.1) is 25.4 Å². The third-order valence-corrected chi connectivity index (χ3v) is 4.00. The van der Waals surface area contributed by atoms with Crippen LogP contribution in [0, 0.1) is 6.92 Å². The molecule has 2 saturated heterocycles. The van der Waals surface area contributed by atoms with Crippen LogP contribution in [0.5, 0.6) is 0 Å². The van der Waals surface area contributed by atoms with E-state index in [1.165, 1.54) is 5.56 Å². The highest BCUT2D eigenvalue weighted by Crippen LogP contribution is 2.28. The molecular weight excluding hydrogens is 242 g/mol. The van der Waals surface area contributed by atoms with Gasteiger partial charge in [0.25, 0.3) is 0 Å². The molecule has 2 atom stereocenters. The summed E-state index contributed by atoms with van der Waals surface area (Å²) in [6.07, 6.45) is -0.228. The Morgan fingerprint density at radius 3 is 2.58 bits per heavy atom. The second kappa shape index (κ2) is 4.98. The molecule has 19 heavy (non-hydrogen) atoms. The van der Waals surface area contributed by atoms with Gasteiger partial charge in [0.2, 0.25) is 0 Å². The molecule has 2 aliphatic rings. The van der Waals surface area contributed by atoms with Crippen LogP contribution in [0.2, 0.25) is 0 Å². The first-order valence-corrected chi connectivity index (χ1v) is 6.91. The van der Waals surface area contributed by atoms with Gasteiger partial charge in [-0.1, -0.05) is 0 Å². The fraction of sp³-hybridized carbons (Fsp3) is 0.643. The molecule has 0 spiro atoms. The first kappa shape index (κ1) is 12.7. The minimum atomic E-state index is -0.228. The summed E-state index contributed by atoms with van der Waals surface area (Å²) in [6.45, 7) is 8.14. The van der Waals surface area contributed by atoms with Gasteiger partial charge in [-0.3, -0.25) is 0 Å². The molecule has 2 unspecified atom stereocenters. The third kappa shape index (κ3) is 2.40. The molecule has 5 nitrogen and oxygen atoms in total. The number of rotatable bonds is 2. The van der Waals surface area contributed by atoms with Crippen LogP contribution in [0.3, 0.4) is 0 Å². The fourth-order valence-corrected chi connectivity index (χ4v) is 2.62. The maximum atomic E-state index is 9.64. The summed E-state index contributed by atoms with van der Waals surface area (Å²) in [5.41, 5.74) is 1.21. The molecule has 0 aromatic carbocycles. The van der Waals surface area contributed by atoms with Crippen LogP contribution >= 0.6 is 0 Å². The lowest BCUT2D eigenvalue weighted by molar-refractivity contribution is 0.0987. The topological polar surface area (TPSA) is 48.8 Å².